The summed E-state index contributed by atoms with van der Waals surface area (Å²) >= 11 is 1.37. The van der Waals surface area contributed by atoms with Gasteiger partial charge in [-0.1, -0.05) is 0 Å². The monoisotopic (exact) mass is 312 g/mol. The van der Waals surface area contributed by atoms with E-state index in [1.807, 2.05) is 0 Å². The Morgan fingerprint density at radius 2 is 2.57 bits per heavy atom. The summed E-state index contributed by atoms with van der Waals surface area (Å²) in [7, 11) is 0. The highest BCUT2D eigenvalue weighted by Gasteiger charge is 2.32. The van der Waals surface area contributed by atoms with Crippen molar-refractivity contribution in [2.24, 2.45) is 5.73 Å². The number of thiazole rings is 1. The average molecular weight is 312 g/mol. The number of carboxylic acid groups (broad SMARTS) is 1. The zero-order valence-electron chi connectivity index (χ0n) is 11.7. The topological polar surface area (TPSA) is 101 Å². The number of hydrogen-bond acceptors (Lipinski definition) is 7. The first kappa shape index (κ1) is 14.7. The van der Waals surface area contributed by atoms with Crippen molar-refractivity contribution in [3.8, 4) is 0 Å². The first-order valence-corrected chi connectivity index (χ1v) is 8.05. The summed E-state index contributed by atoms with van der Waals surface area (Å²) in [5.41, 5.74) is 5.92. The Morgan fingerprint density at radius 1 is 1.71 bits per heavy atom. The lowest BCUT2D eigenvalue weighted by molar-refractivity contribution is -0.138. The Morgan fingerprint density at radius 3 is 3.38 bits per heavy atom. The van der Waals surface area contributed by atoms with E-state index < -0.39 is 12.0 Å². The number of hydrogen-bond donors (Lipinski definition) is 3. The number of rotatable bonds is 5. The van der Waals surface area contributed by atoms with Gasteiger partial charge in [-0.05, 0) is 19.4 Å². The van der Waals surface area contributed by atoms with Crippen LogP contribution in [0, 0.1) is 0 Å². The van der Waals surface area contributed by atoms with Crippen LogP contribution >= 0.6 is 11.3 Å². The summed E-state index contributed by atoms with van der Waals surface area (Å²) in [6.45, 7) is 3.60. The van der Waals surface area contributed by atoms with Gasteiger partial charge in [0.2, 0.25) is 0 Å². The Balaban J connectivity index is 1.50. The SMILES string of the molecule is NC(C(=O)O)c1csc(NCC2CN3CCCC3CO2)n1. The quantitative estimate of drug-likeness (QED) is 0.728. The second kappa shape index (κ2) is 6.27. The minimum atomic E-state index is -1.07. The van der Waals surface area contributed by atoms with E-state index in [1.165, 1.54) is 30.7 Å². The molecule has 1 aromatic heterocycles. The molecule has 2 aliphatic heterocycles. The molecule has 3 heterocycles. The molecule has 2 fully saturated rings. The van der Waals surface area contributed by atoms with E-state index in [4.69, 9.17) is 15.6 Å². The number of aromatic nitrogens is 1. The minimum Gasteiger partial charge on any atom is -0.480 e. The van der Waals surface area contributed by atoms with Crippen molar-refractivity contribution in [3.63, 3.8) is 0 Å². The third-order valence-electron chi connectivity index (χ3n) is 4.05. The maximum absolute atomic E-state index is 10.8. The van der Waals surface area contributed by atoms with Gasteiger partial charge in [-0.25, -0.2) is 4.98 Å². The fourth-order valence-electron chi connectivity index (χ4n) is 2.85. The van der Waals surface area contributed by atoms with Crippen LogP contribution in [0.25, 0.3) is 0 Å². The van der Waals surface area contributed by atoms with Gasteiger partial charge in [0.05, 0.1) is 18.4 Å². The second-order valence-electron chi connectivity index (χ2n) is 5.52. The van der Waals surface area contributed by atoms with E-state index in [-0.39, 0.29) is 6.10 Å². The zero-order valence-corrected chi connectivity index (χ0v) is 12.5. The Hall–Kier alpha value is -1.22. The standard InChI is InChI=1S/C13H20N4O3S/c14-11(12(18)19)10-7-21-13(16-10)15-4-9-5-17-3-1-2-8(17)6-20-9/h7-9,11H,1-6,14H2,(H,15,16)(H,18,19). The van der Waals surface area contributed by atoms with Crippen molar-refractivity contribution >= 4 is 22.4 Å². The summed E-state index contributed by atoms with van der Waals surface area (Å²) in [4.78, 5) is 17.5. The number of aliphatic carboxylic acids is 1. The van der Waals surface area contributed by atoms with E-state index >= 15 is 0 Å². The molecule has 0 amide bonds. The van der Waals surface area contributed by atoms with Crippen LogP contribution in [0.4, 0.5) is 5.13 Å². The Labute approximate surface area is 127 Å². The molecular formula is C13H20N4O3S. The highest BCUT2D eigenvalue weighted by Crippen LogP contribution is 2.24. The van der Waals surface area contributed by atoms with Crippen molar-refractivity contribution in [2.75, 3.05) is 31.6 Å². The summed E-state index contributed by atoms with van der Waals surface area (Å²) in [6, 6.07) is -0.464. The van der Waals surface area contributed by atoms with Crippen LogP contribution in [0.15, 0.2) is 5.38 Å². The maximum Gasteiger partial charge on any atom is 0.326 e. The molecule has 0 bridgehead atoms. The van der Waals surface area contributed by atoms with Gasteiger partial charge >= 0.3 is 5.97 Å². The fraction of sp³-hybridized carbons (Fsp3) is 0.692. The van der Waals surface area contributed by atoms with Gasteiger partial charge in [-0.3, -0.25) is 9.69 Å². The number of anilines is 1. The van der Waals surface area contributed by atoms with E-state index in [2.05, 4.69) is 15.2 Å². The smallest absolute Gasteiger partial charge is 0.326 e. The van der Waals surface area contributed by atoms with Crippen molar-refractivity contribution in [1.82, 2.24) is 9.88 Å². The Bertz CT molecular complexity index is 509. The van der Waals surface area contributed by atoms with E-state index in [1.54, 1.807) is 5.38 Å². The summed E-state index contributed by atoms with van der Waals surface area (Å²) in [5, 5.41) is 14.4. The molecule has 7 nitrogen and oxygen atoms in total. The van der Waals surface area contributed by atoms with Crippen molar-refractivity contribution < 1.29 is 14.6 Å². The molecule has 2 saturated heterocycles. The predicted molar refractivity (Wildman–Crippen MR) is 79.5 cm³/mol. The van der Waals surface area contributed by atoms with Crippen LogP contribution in [0.2, 0.25) is 0 Å². The van der Waals surface area contributed by atoms with Crippen molar-refractivity contribution in [2.45, 2.75) is 31.0 Å². The second-order valence-corrected chi connectivity index (χ2v) is 6.38. The minimum absolute atomic E-state index is 0.153. The van der Waals surface area contributed by atoms with Crippen LogP contribution in [-0.2, 0) is 9.53 Å². The highest BCUT2D eigenvalue weighted by molar-refractivity contribution is 7.13. The number of nitrogens with one attached hydrogen (secondary N) is 1. The third kappa shape index (κ3) is 3.34. The molecule has 21 heavy (non-hydrogen) atoms. The number of nitrogens with two attached hydrogens (primary N) is 1. The third-order valence-corrected chi connectivity index (χ3v) is 4.87. The van der Waals surface area contributed by atoms with Crippen LogP contribution in [-0.4, -0.2) is 59.3 Å². The van der Waals surface area contributed by atoms with Gasteiger partial charge in [0.15, 0.2) is 5.13 Å². The normalized spacial score (nSPS) is 27.3. The van der Waals surface area contributed by atoms with Gasteiger partial charge in [0.1, 0.15) is 6.04 Å². The van der Waals surface area contributed by atoms with Crippen LogP contribution in [0.3, 0.4) is 0 Å². The number of fused-ring (bicyclic) bond motifs is 1. The first-order chi connectivity index (χ1) is 10.1. The number of carbonyl (C=O) groups is 1. The summed E-state index contributed by atoms with van der Waals surface area (Å²) in [6.07, 6.45) is 2.65. The van der Waals surface area contributed by atoms with Crippen molar-refractivity contribution in [1.29, 1.82) is 0 Å². The lowest BCUT2D eigenvalue weighted by Crippen LogP contribution is -2.48. The van der Waals surface area contributed by atoms with Gasteiger partial charge < -0.3 is 20.9 Å². The molecule has 0 aromatic carbocycles. The van der Waals surface area contributed by atoms with Gasteiger partial charge in [-0.2, -0.15) is 0 Å². The first-order valence-electron chi connectivity index (χ1n) is 7.17. The molecule has 0 radical (unpaired) electrons. The van der Waals surface area contributed by atoms with Crippen molar-refractivity contribution in [3.05, 3.63) is 11.1 Å². The average Bonchev–Trinajstić information content (AvgIpc) is 3.12. The number of morpholine rings is 1. The van der Waals surface area contributed by atoms with E-state index in [9.17, 15) is 4.79 Å². The molecule has 4 N–H and O–H groups in total. The highest BCUT2D eigenvalue weighted by atomic mass is 32.1. The van der Waals surface area contributed by atoms with Crippen LogP contribution in [0.5, 0.6) is 0 Å². The number of nitrogens with zero attached hydrogens (tertiary/aromatic N) is 2. The van der Waals surface area contributed by atoms with Gasteiger partial charge in [0.25, 0.3) is 0 Å². The van der Waals surface area contributed by atoms with Crippen LogP contribution < -0.4 is 11.1 Å². The lowest BCUT2D eigenvalue weighted by atomic mass is 10.2. The molecule has 3 atom stereocenters. The maximum atomic E-state index is 10.8. The zero-order chi connectivity index (χ0) is 14.8. The largest absolute Gasteiger partial charge is 0.480 e. The Kier molecular flexibility index (Phi) is 4.39. The molecule has 0 aliphatic carbocycles. The number of ether oxygens (including phenoxy) is 1. The fourth-order valence-corrected chi connectivity index (χ4v) is 3.60. The molecule has 2 aliphatic rings. The van der Waals surface area contributed by atoms with Gasteiger partial charge in [-0.15, -0.1) is 11.3 Å². The lowest BCUT2D eigenvalue weighted by Gasteiger charge is -2.35. The molecule has 1 aromatic rings. The van der Waals surface area contributed by atoms with E-state index in [0.29, 0.717) is 23.4 Å². The summed E-state index contributed by atoms with van der Waals surface area (Å²) in [5.74, 6) is -1.07. The van der Waals surface area contributed by atoms with Crippen LogP contribution in [0.1, 0.15) is 24.6 Å². The molecular weight excluding hydrogens is 292 g/mol. The molecule has 116 valence electrons. The molecule has 3 rings (SSSR count). The molecule has 8 heteroatoms. The molecule has 0 spiro atoms. The molecule has 0 saturated carbocycles. The van der Waals surface area contributed by atoms with E-state index in [0.717, 1.165) is 13.2 Å². The summed E-state index contributed by atoms with van der Waals surface area (Å²) < 4.78 is 5.86. The number of carboxylic acids is 1. The van der Waals surface area contributed by atoms with Gasteiger partial charge in [0, 0.05) is 24.5 Å². The molecule has 3 unspecified atom stereocenters. The predicted octanol–water partition coefficient (Wildman–Crippen LogP) is 0.503.